The molecule has 0 amide bonds. The van der Waals surface area contributed by atoms with Crippen LogP contribution in [0.3, 0.4) is 0 Å². The zero-order chi connectivity index (χ0) is 15.8. The topological polar surface area (TPSA) is 54.2 Å². The van der Waals surface area contributed by atoms with E-state index in [0.29, 0.717) is 31.9 Å². The lowest BCUT2D eigenvalue weighted by Crippen LogP contribution is -2.38. The van der Waals surface area contributed by atoms with E-state index in [0.717, 1.165) is 4.57 Å². The highest BCUT2D eigenvalue weighted by Gasteiger charge is 2.39. The number of hydrogen-bond donors (Lipinski definition) is 1. The van der Waals surface area contributed by atoms with Crippen molar-refractivity contribution in [3.8, 4) is 0 Å². The fourth-order valence-electron chi connectivity index (χ4n) is 2.35. The summed E-state index contributed by atoms with van der Waals surface area (Å²) in [6.45, 7) is 7.57. The van der Waals surface area contributed by atoms with E-state index < -0.39 is 18.1 Å². The number of aromatic nitrogens is 3. The Morgan fingerprint density at radius 3 is 2.43 bits per heavy atom. The number of rotatable bonds is 3. The van der Waals surface area contributed by atoms with E-state index in [2.05, 4.69) is 10.2 Å². The maximum absolute atomic E-state index is 12.7. The van der Waals surface area contributed by atoms with Crippen LogP contribution in [0.2, 0.25) is 0 Å². The van der Waals surface area contributed by atoms with Gasteiger partial charge in [-0.3, -0.25) is 4.90 Å². The predicted molar refractivity (Wildman–Crippen MR) is 70.4 cm³/mol. The van der Waals surface area contributed by atoms with Crippen LogP contribution >= 0.6 is 0 Å². The predicted octanol–water partition coefficient (Wildman–Crippen LogP) is 1.91. The van der Waals surface area contributed by atoms with E-state index in [-0.39, 0.29) is 12.0 Å². The zero-order valence-electron chi connectivity index (χ0n) is 12.5. The molecule has 1 aliphatic rings. The van der Waals surface area contributed by atoms with Crippen LogP contribution in [-0.4, -0.2) is 44.0 Å². The van der Waals surface area contributed by atoms with Crippen LogP contribution in [-0.2, 0) is 19.3 Å². The van der Waals surface area contributed by atoms with E-state index in [1.54, 1.807) is 0 Å². The van der Waals surface area contributed by atoms with Crippen molar-refractivity contribution in [2.75, 3.05) is 13.1 Å². The van der Waals surface area contributed by atoms with Crippen LogP contribution in [0, 0.1) is 5.41 Å². The fraction of sp³-hybridized carbons (Fsp3) is 0.846. The molecule has 0 fully saturated rings. The van der Waals surface area contributed by atoms with E-state index in [4.69, 9.17) is 0 Å². The van der Waals surface area contributed by atoms with Crippen LogP contribution in [0.4, 0.5) is 13.2 Å². The second-order valence-electron chi connectivity index (χ2n) is 6.54. The molecule has 1 unspecified atom stereocenters. The number of hydrogen-bond acceptors (Lipinski definition) is 4. The van der Waals surface area contributed by atoms with Crippen molar-refractivity contribution in [3.63, 3.8) is 0 Å². The van der Waals surface area contributed by atoms with Crippen molar-refractivity contribution >= 4 is 0 Å². The highest BCUT2D eigenvalue weighted by molar-refractivity contribution is 5.02. The summed E-state index contributed by atoms with van der Waals surface area (Å²) in [6, 6.07) is 0. The van der Waals surface area contributed by atoms with Crippen molar-refractivity contribution in [3.05, 3.63) is 11.6 Å². The summed E-state index contributed by atoms with van der Waals surface area (Å²) >= 11 is 0. The van der Waals surface area contributed by atoms with Crippen molar-refractivity contribution in [1.82, 2.24) is 19.7 Å². The monoisotopic (exact) mass is 306 g/mol. The minimum atomic E-state index is -4.46. The van der Waals surface area contributed by atoms with Gasteiger partial charge in [-0.25, -0.2) is 0 Å². The Bertz CT molecular complexity index is 493. The molecule has 120 valence electrons. The first-order valence-corrected chi connectivity index (χ1v) is 6.98. The molecule has 1 atom stereocenters. The summed E-state index contributed by atoms with van der Waals surface area (Å²) in [4.78, 5) is 2.00. The standard InChI is InChI=1S/C13H21F3N4O/c1-12(2,3)9(21)4-5-19-6-7-20-10(8-19)17-18-11(20)13(14,15)16/h9,21H,4-8H2,1-3H3. The first-order chi connectivity index (χ1) is 9.59. The minimum absolute atomic E-state index is 0.195. The summed E-state index contributed by atoms with van der Waals surface area (Å²) in [5.41, 5.74) is -0.195. The molecule has 1 N–H and O–H groups in total. The Morgan fingerprint density at radius 2 is 1.86 bits per heavy atom. The first kappa shape index (κ1) is 16.2. The van der Waals surface area contributed by atoms with Gasteiger partial charge < -0.3 is 9.67 Å². The average molecular weight is 306 g/mol. The molecule has 0 bridgehead atoms. The molecule has 1 aromatic rings. The third-order valence-corrected chi connectivity index (χ3v) is 3.80. The molecule has 2 rings (SSSR count). The molecule has 0 aliphatic carbocycles. The summed E-state index contributed by atoms with van der Waals surface area (Å²) in [5.74, 6) is -0.592. The number of halogens is 3. The van der Waals surface area contributed by atoms with Crippen LogP contribution in [0.5, 0.6) is 0 Å². The third kappa shape index (κ3) is 3.74. The van der Waals surface area contributed by atoms with Gasteiger partial charge in [0.15, 0.2) is 0 Å². The molecule has 5 nitrogen and oxygen atoms in total. The molecule has 2 heterocycles. The largest absolute Gasteiger partial charge is 0.451 e. The van der Waals surface area contributed by atoms with Crippen LogP contribution in [0.25, 0.3) is 0 Å². The van der Waals surface area contributed by atoms with E-state index in [1.165, 1.54) is 0 Å². The number of alkyl halides is 3. The summed E-state index contributed by atoms with van der Waals surface area (Å²) < 4.78 is 39.3. The fourth-order valence-corrected chi connectivity index (χ4v) is 2.35. The summed E-state index contributed by atoms with van der Waals surface area (Å²) in [6.07, 6.45) is -4.32. The van der Waals surface area contributed by atoms with Crippen molar-refractivity contribution in [2.24, 2.45) is 5.41 Å². The third-order valence-electron chi connectivity index (χ3n) is 3.80. The Hall–Kier alpha value is -1.15. The van der Waals surface area contributed by atoms with Gasteiger partial charge in [0.2, 0.25) is 5.82 Å². The zero-order valence-corrected chi connectivity index (χ0v) is 12.5. The van der Waals surface area contributed by atoms with Crippen molar-refractivity contribution < 1.29 is 18.3 Å². The molecule has 1 aliphatic heterocycles. The SMILES string of the molecule is CC(C)(C)C(O)CCN1CCn2c(nnc2C(F)(F)F)C1. The Labute approximate surface area is 121 Å². The van der Waals surface area contributed by atoms with E-state index in [1.807, 2.05) is 25.7 Å². The number of aliphatic hydroxyl groups is 1. The maximum Gasteiger partial charge on any atom is 0.451 e. The lowest BCUT2D eigenvalue weighted by Gasteiger charge is -2.31. The molecular formula is C13H21F3N4O. The van der Waals surface area contributed by atoms with E-state index in [9.17, 15) is 18.3 Å². The second-order valence-corrected chi connectivity index (χ2v) is 6.54. The minimum Gasteiger partial charge on any atom is -0.393 e. The van der Waals surface area contributed by atoms with Gasteiger partial charge in [-0.15, -0.1) is 10.2 Å². The molecule has 0 spiro atoms. The highest BCUT2D eigenvalue weighted by atomic mass is 19.4. The van der Waals surface area contributed by atoms with Crippen LogP contribution in [0.1, 0.15) is 38.8 Å². The van der Waals surface area contributed by atoms with Gasteiger partial charge in [0.05, 0.1) is 12.6 Å². The molecule has 8 heteroatoms. The number of aliphatic hydroxyl groups excluding tert-OH is 1. The lowest BCUT2D eigenvalue weighted by molar-refractivity contribution is -0.148. The number of fused-ring (bicyclic) bond motifs is 1. The van der Waals surface area contributed by atoms with Gasteiger partial charge in [-0.05, 0) is 11.8 Å². The quantitative estimate of drug-likeness (QED) is 0.927. The molecule has 1 aromatic heterocycles. The molecule has 21 heavy (non-hydrogen) atoms. The Morgan fingerprint density at radius 1 is 1.19 bits per heavy atom. The second kappa shape index (κ2) is 5.57. The summed E-state index contributed by atoms with van der Waals surface area (Å²) in [5, 5.41) is 16.9. The Balaban J connectivity index is 1.97. The van der Waals surface area contributed by atoms with Crippen LogP contribution in [0.15, 0.2) is 0 Å². The lowest BCUT2D eigenvalue weighted by atomic mass is 9.87. The molecule has 0 aromatic carbocycles. The Kier molecular flexibility index (Phi) is 4.30. The maximum atomic E-state index is 12.7. The van der Waals surface area contributed by atoms with Gasteiger partial charge in [0.25, 0.3) is 0 Å². The van der Waals surface area contributed by atoms with Gasteiger partial charge in [0, 0.05) is 19.6 Å². The number of nitrogens with zero attached hydrogens (tertiary/aromatic N) is 4. The van der Waals surface area contributed by atoms with Gasteiger partial charge >= 0.3 is 6.18 Å². The van der Waals surface area contributed by atoms with Crippen molar-refractivity contribution in [1.29, 1.82) is 0 Å². The summed E-state index contributed by atoms with van der Waals surface area (Å²) in [7, 11) is 0. The molecule has 0 radical (unpaired) electrons. The van der Waals surface area contributed by atoms with E-state index >= 15 is 0 Å². The van der Waals surface area contributed by atoms with Gasteiger partial charge in [-0.2, -0.15) is 13.2 Å². The smallest absolute Gasteiger partial charge is 0.393 e. The van der Waals surface area contributed by atoms with Crippen molar-refractivity contribution in [2.45, 2.75) is 52.6 Å². The molecule has 0 saturated heterocycles. The van der Waals surface area contributed by atoms with Crippen LogP contribution < -0.4 is 0 Å². The normalized spacial score (nSPS) is 18.6. The van der Waals surface area contributed by atoms with Gasteiger partial charge in [0.1, 0.15) is 5.82 Å². The average Bonchev–Trinajstić information content (AvgIpc) is 2.77. The molecule has 0 saturated carbocycles. The van der Waals surface area contributed by atoms with Gasteiger partial charge in [-0.1, -0.05) is 20.8 Å². The molecular weight excluding hydrogens is 285 g/mol. The first-order valence-electron chi connectivity index (χ1n) is 6.98. The highest BCUT2D eigenvalue weighted by Crippen LogP contribution is 2.29.